The van der Waals surface area contributed by atoms with Crippen LogP contribution >= 0.6 is 0 Å². The molecule has 0 saturated carbocycles. The Labute approximate surface area is 78.1 Å². The number of nitrogens with one attached hydrogen (secondary N) is 1. The van der Waals surface area contributed by atoms with Crippen LogP contribution in [-0.4, -0.2) is 49.7 Å². The van der Waals surface area contributed by atoms with E-state index >= 15 is 0 Å². The van der Waals surface area contributed by atoms with Crippen molar-refractivity contribution in [2.24, 2.45) is 0 Å². The second kappa shape index (κ2) is 4.39. The molecule has 0 unspecified atom stereocenters. The normalized spacial score (nSPS) is 22.7. The first kappa shape index (κ1) is 11.6. The molecule has 0 aromatic carbocycles. The van der Waals surface area contributed by atoms with Crippen molar-refractivity contribution in [1.29, 1.82) is 0 Å². The van der Waals surface area contributed by atoms with Crippen LogP contribution in [0.2, 0.25) is 0 Å². The minimum atomic E-state index is -4.86. The summed E-state index contributed by atoms with van der Waals surface area (Å²) in [5.41, 5.74) is 0. The van der Waals surface area contributed by atoms with Gasteiger partial charge in [0.25, 0.3) is 6.43 Å². The lowest BCUT2D eigenvalue weighted by atomic mass is 10.2. The Bertz CT molecular complexity index is 175. The maximum Gasteiger partial charge on any atom is 0.409 e. The zero-order valence-electron chi connectivity index (χ0n) is 7.32. The molecule has 1 aliphatic rings. The first-order valence-corrected chi connectivity index (χ1v) is 4.22. The van der Waals surface area contributed by atoms with E-state index in [1.807, 2.05) is 0 Å². The molecule has 1 rings (SSSR count). The third kappa shape index (κ3) is 2.78. The molecule has 0 amide bonds. The van der Waals surface area contributed by atoms with Crippen LogP contribution < -0.4 is 5.32 Å². The van der Waals surface area contributed by atoms with Crippen LogP contribution in [0, 0.1) is 0 Å². The van der Waals surface area contributed by atoms with E-state index in [0.717, 1.165) is 4.90 Å². The van der Waals surface area contributed by atoms with E-state index in [-0.39, 0.29) is 13.1 Å². The summed E-state index contributed by atoms with van der Waals surface area (Å²) in [7, 11) is 0. The van der Waals surface area contributed by atoms with Gasteiger partial charge >= 0.3 is 6.18 Å². The van der Waals surface area contributed by atoms with Gasteiger partial charge in [-0.25, -0.2) is 8.78 Å². The van der Waals surface area contributed by atoms with E-state index in [9.17, 15) is 22.0 Å². The monoisotopic (exact) mass is 218 g/mol. The number of piperazine rings is 1. The molecule has 0 aliphatic carbocycles. The van der Waals surface area contributed by atoms with Crippen LogP contribution in [0.15, 0.2) is 0 Å². The average Bonchev–Trinajstić information content (AvgIpc) is 2.02. The molecule has 1 N–H and O–H groups in total. The fourth-order valence-electron chi connectivity index (χ4n) is 1.47. The lowest BCUT2D eigenvalue weighted by molar-refractivity contribution is -0.216. The fourth-order valence-corrected chi connectivity index (χ4v) is 1.47. The van der Waals surface area contributed by atoms with Gasteiger partial charge in [0.15, 0.2) is 6.04 Å². The Morgan fingerprint density at radius 2 is 1.57 bits per heavy atom. The Hall–Kier alpha value is -0.430. The van der Waals surface area contributed by atoms with Crippen LogP contribution in [0.5, 0.6) is 0 Å². The van der Waals surface area contributed by atoms with E-state index < -0.39 is 18.6 Å². The van der Waals surface area contributed by atoms with Gasteiger partial charge in [0.1, 0.15) is 0 Å². The maximum absolute atomic E-state index is 12.2. The molecule has 1 aliphatic heterocycles. The molecular formula is C7H11F5N2. The summed E-state index contributed by atoms with van der Waals surface area (Å²) in [4.78, 5) is 0.779. The van der Waals surface area contributed by atoms with Gasteiger partial charge in [0.2, 0.25) is 0 Å². The highest BCUT2D eigenvalue weighted by molar-refractivity contribution is 4.83. The molecule has 0 radical (unpaired) electrons. The van der Waals surface area contributed by atoms with Crippen LogP contribution in [0.1, 0.15) is 0 Å². The second-order valence-corrected chi connectivity index (χ2v) is 3.11. The summed E-state index contributed by atoms with van der Waals surface area (Å²) in [5, 5.41) is 2.81. The zero-order chi connectivity index (χ0) is 10.8. The predicted octanol–water partition coefficient (Wildman–Crippen LogP) is 1.09. The van der Waals surface area contributed by atoms with Crippen LogP contribution in [0.4, 0.5) is 22.0 Å². The molecule has 0 bridgehead atoms. The van der Waals surface area contributed by atoms with Crippen molar-refractivity contribution in [2.45, 2.75) is 18.6 Å². The van der Waals surface area contributed by atoms with Crippen molar-refractivity contribution in [3.63, 3.8) is 0 Å². The van der Waals surface area contributed by atoms with Crippen molar-refractivity contribution >= 4 is 0 Å². The van der Waals surface area contributed by atoms with Gasteiger partial charge in [0, 0.05) is 26.2 Å². The molecule has 1 heterocycles. The molecule has 1 fully saturated rings. The minimum absolute atomic E-state index is 0.00845. The van der Waals surface area contributed by atoms with Gasteiger partial charge < -0.3 is 5.32 Å². The Morgan fingerprint density at radius 1 is 1.07 bits per heavy atom. The van der Waals surface area contributed by atoms with E-state index in [1.165, 1.54) is 0 Å². The first-order chi connectivity index (χ1) is 6.43. The lowest BCUT2D eigenvalue weighted by Gasteiger charge is -2.35. The SMILES string of the molecule is FC(F)[C@H](N1CCNCC1)C(F)(F)F. The highest BCUT2D eigenvalue weighted by atomic mass is 19.4. The van der Waals surface area contributed by atoms with Crippen LogP contribution in [0.3, 0.4) is 0 Å². The Kier molecular flexibility index (Phi) is 3.65. The molecule has 7 heteroatoms. The van der Waals surface area contributed by atoms with Crippen molar-refractivity contribution in [2.75, 3.05) is 26.2 Å². The molecule has 14 heavy (non-hydrogen) atoms. The van der Waals surface area contributed by atoms with E-state index in [2.05, 4.69) is 5.32 Å². The molecule has 1 saturated heterocycles. The van der Waals surface area contributed by atoms with Gasteiger partial charge in [-0.3, -0.25) is 4.90 Å². The van der Waals surface area contributed by atoms with Crippen molar-refractivity contribution in [3.8, 4) is 0 Å². The Morgan fingerprint density at radius 3 is 1.93 bits per heavy atom. The molecule has 84 valence electrons. The minimum Gasteiger partial charge on any atom is -0.314 e. The molecular weight excluding hydrogens is 207 g/mol. The molecule has 0 aromatic heterocycles. The predicted molar refractivity (Wildman–Crippen MR) is 40.3 cm³/mol. The molecule has 2 nitrogen and oxygen atoms in total. The Balaban J connectivity index is 2.66. The quantitative estimate of drug-likeness (QED) is 0.698. The summed E-state index contributed by atoms with van der Waals surface area (Å²) < 4.78 is 61.0. The van der Waals surface area contributed by atoms with Crippen LogP contribution in [-0.2, 0) is 0 Å². The highest BCUT2D eigenvalue weighted by Gasteiger charge is 2.49. The van der Waals surface area contributed by atoms with E-state index in [4.69, 9.17) is 0 Å². The number of rotatable bonds is 2. The largest absolute Gasteiger partial charge is 0.409 e. The number of alkyl halides is 5. The summed E-state index contributed by atoms with van der Waals surface area (Å²) in [6.45, 7) is 0.654. The lowest BCUT2D eigenvalue weighted by Crippen LogP contribution is -2.56. The summed E-state index contributed by atoms with van der Waals surface area (Å²) >= 11 is 0. The second-order valence-electron chi connectivity index (χ2n) is 3.11. The van der Waals surface area contributed by atoms with Gasteiger partial charge in [-0.2, -0.15) is 13.2 Å². The summed E-state index contributed by atoms with van der Waals surface area (Å²) in [5.74, 6) is 0. The molecule has 0 aromatic rings. The molecule has 0 spiro atoms. The van der Waals surface area contributed by atoms with E-state index in [1.54, 1.807) is 0 Å². The molecule has 1 atom stereocenters. The third-order valence-corrected chi connectivity index (χ3v) is 2.12. The van der Waals surface area contributed by atoms with Gasteiger partial charge in [-0.15, -0.1) is 0 Å². The maximum atomic E-state index is 12.2. The van der Waals surface area contributed by atoms with E-state index in [0.29, 0.717) is 13.1 Å². The van der Waals surface area contributed by atoms with Crippen molar-refractivity contribution < 1.29 is 22.0 Å². The number of hydrogen-bond acceptors (Lipinski definition) is 2. The number of nitrogens with zero attached hydrogens (tertiary/aromatic N) is 1. The summed E-state index contributed by atoms with van der Waals surface area (Å²) in [6, 6.07) is -2.62. The number of hydrogen-bond donors (Lipinski definition) is 1. The topological polar surface area (TPSA) is 15.3 Å². The van der Waals surface area contributed by atoms with Crippen LogP contribution in [0.25, 0.3) is 0 Å². The average molecular weight is 218 g/mol. The van der Waals surface area contributed by atoms with Gasteiger partial charge in [-0.1, -0.05) is 0 Å². The smallest absolute Gasteiger partial charge is 0.314 e. The fraction of sp³-hybridized carbons (Fsp3) is 1.00. The third-order valence-electron chi connectivity index (χ3n) is 2.12. The number of halogens is 5. The van der Waals surface area contributed by atoms with Gasteiger partial charge in [-0.05, 0) is 0 Å². The van der Waals surface area contributed by atoms with Crippen molar-refractivity contribution in [1.82, 2.24) is 10.2 Å². The zero-order valence-corrected chi connectivity index (χ0v) is 7.32. The highest BCUT2D eigenvalue weighted by Crippen LogP contribution is 2.29. The summed E-state index contributed by atoms with van der Waals surface area (Å²) in [6.07, 6.45) is -8.24. The standard InChI is InChI=1S/C7H11F5N2/c8-6(9)5(7(10,11)12)14-3-1-13-2-4-14/h5-6,13H,1-4H2/t5-/m0/s1. The van der Waals surface area contributed by atoms with Crippen molar-refractivity contribution in [3.05, 3.63) is 0 Å². The van der Waals surface area contributed by atoms with Gasteiger partial charge in [0.05, 0.1) is 0 Å². The first-order valence-electron chi connectivity index (χ1n) is 4.22.